The number of carbonyl (C=O) groups excluding carboxylic acids is 1. The number of amides is 1. The van der Waals surface area contributed by atoms with E-state index in [4.69, 9.17) is 11.6 Å². The van der Waals surface area contributed by atoms with Gasteiger partial charge in [-0.2, -0.15) is 0 Å². The Morgan fingerprint density at radius 1 is 1.20 bits per heavy atom. The molecule has 0 fully saturated rings. The van der Waals surface area contributed by atoms with Crippen LogP contribution in [-0.2, 0) is 10.0 Å². The molecule has 0 unspecified atom stereocenters. The molecule has 0 aromatic heterocycles. The van der Waals surface area contributed by atoms with Crippen LogP contribution in [0.2, 0.25) is 5.02 Å². The highest BCUT2D eigenvalue weighted by molar-refractivity contribution is 7.92. The summed E-state index contributed by atoms with van der Waals surface area (Å²) in [4.78, 5) is 12.5. The van der Waals surface area contributed by atoms with Crippen molar-refractivity contribution in [3.63, 3.8) is 0 Å². The van der Waals surface area contributed by atoms with E-state index < -0.39 is 10.0 Å². The van der Waals surface area contributed by atoms with E-state index in [9.17, 15) is 13.2 Å². The monoisotopic (exact) mass is 380 g/mol. The van der Waals surface area contributed by atoms with Crippen molar-refractivity contribution in [2.45, 2.75) is 19.9 Å². The number of nitrogens with one attached hydrogen (secondary N) is 1. The summed E-state index contributed by atoms with van der Waals surface area (Å²) in [6.07, 6.45) is 0. The third-order valence-corrected chi connectivity index (χ3v) is 6.00. The van der Waals surface area contributed by atoms with Crippen LogP contribution in [0.5, 0.6) is 0 Å². The van der Waals surface area contributed by atoms with E-state index in [1.54, 1.807) is 43.3 Å². The van der Waals surface area contributed by atoms with E-state index in [0.29, 0.717) is 16.3 Å². The molecule has 2 aromatic rings. The van der Waals surface area contributed by atoms with Gasteiger partial charge in [-0.05, 0) is 49.7 Å². The Morgan fingerprint density at radius 3 is 2.44 bits per heavy atom. The van der Waals surface area contributed by atoms with Crippen molar-refractivity contribution in [1.82, 2.24) is 5.32 Å². The van der Waals surface area contributed by atoms with E-state index in [1.807, 2.05) is 19.1 Å². The maximum Gasteiger partial charge on any atom is 0.251 e. The lowest BCUT2D eigenvalue weighted by Crippen LogP contribution is -2.29. The molecule has 0 saturated heterocycles. The van der Waals surface area contributed by atoms with E-state index in [0.717, 1.165) is 5.56 Å². The molecule has 0 aliphatic heterocycles. The molecule has 0 spiro atoms. The number of benzene rings is 2. The topological polar surface area (TPSA) is 66.5 Å². The zero-order chi connectivity index (χ0) is 18.6. The molecule has 2 rings (SSSR count). The number of hydrogen-bond donors (Lipinski definition) is 1. The molecule has 0 bridgehead atoms. The van der Waals surface area contributed by atoms with Crippen LogP contribution in [0.15, 0.2) is 48.5 Å². The Morgan fingerprint density at radius 2 is 1.84 bits per heavy atom. The Balaban J connectivity index is 2.17. The van der Waals surface area contributed by atoms with Gasteiger partial charge in [-0.15, -0.1) is 0 Å². The summed E-state index contributed by atoms with van der Waals surface area (Å²) < 4.78 is 25.2. The lowest BCUT2D eigenvalue weighted by Gasteiger charge is -2.19. The van der Waals surface area contributed by atoms with Gasteiger partial charge in [0.05, 0.1) is 17.5 Å². The van der Waals surface area contributed by atoms with Crippen LogP contribution in [0.1, 0.15) is 35.8 Å². The van der Waals surface area contributed by atoms with E-state index in [1.165, 1.54) is 11.4 Å². The van der Waals surface area contributed by atoms with Crippen molar-refractivity contribution < 1.29 is 13.2 Å². The summed E-state index contributed by atoms with van der Waals surface area (Å²) in [6, 6.07) is 13.6. The normalized spacial score (nSPS) is 12.5. The molecule has 0 saturated carbocycles. The summed E-state index contributed by atoms with van der Waals surface area (Å²) in [5.41, 5.74) is 1.78. The number of sulfonamides is 1. The fraction of sp³-hybridized carbons (Fsp3) is 0.278. The summed E-state index contributed by atoms with van der Waals surface area (Å²) in [6.45, 7) is 3.45. The van der Waals surface area contributed by atoms with Crippen molar-refractivity contribution >= 4 is 33.2 Å². The molecule has 0 radical (unpaired) electrons. The first-order valence-corrected chi connectivity index (χ1v) is 9.86. The zero-order valence-electron chi connectivity index (χ0n) is 14.4. The van der Waals surface area contributed by atoms with Crippen LogP contribution in [0.25, 0.3) is 0 Å². The molecule has 134 valence electrons. The van der Waals surface area contributed by atoms with Crippen molar-refractivity contribution in [1.29, 1.82) is 0 Å². The largest absolute Gasteiger partial charge is 0.346 e. The molecule has 5 nitrogen and oxygen atoms in total. The Hall–Kier alpha value is -2.05. The van der Waals surface area contributed by atoms with Gasteiger partial charge >= 0.3 is 0 Å². The average molecular weight is 381 g/mol. The van der Waals surface area contributed by atoms with E-state index in [2.05, 4.69) is 5.32 Å². The molecule has 1 N–H and O–H groups in total. The first kappa shape index (κ1) is 19.3. The highest BCUT2D eigenvalue weighted by Gasteiger charge is 2.18. The number of nitrogens with zero attached hydrogens (tertiary/aromatic N) is 1. The molecule has 2 aromatic carbocycles. The van der Waals surface area contributed by atoms with Crippen molar-refractivity contribution in [3.05, 3.63) is 64.7 Å². The Bertz CT molecular complexity index is 851. The number of hydrogen-bond acceptors (Lipinski definition) is 3. The van der Waals surface area contributed by atoms with Crippen LogP contribution < -0.4 is 9.62 Å². The summed E-state index contributed by atoms with van der Waals surface area (Å²) in [5, 5.41) is 3.54. The molecule has 1 atom stereocenters. The first-order valence-electron chi connectivity index (χ1n) is 7.87. The predicted octanol–water partition coefficient (Wildman–Crippen LogP) is 3.62. The minimum atomic E-state index is -3.37. The van der Waals surface area contributed by atoms with Gasteiger partial charge in [0.2, 0.25) is 10.0 Å². The Kier molecular flexibility index (Phi) is 6.08. The van der Waals surface area contributed by atoms with Gasteiger partial charge in [-0.3, -0.25) is 9.10 Å². The van der Waals surface area contributed by atoms with Crippen LogP contribution >= 0.6 is 11.6 Å². The molecular formula is C18H21ClN2O3S. The molecule has 0 heterocycles. The SMILES string of the molecule is CCS(=O)(=O)N(C)c1cccc(C(=O)N[C@H](C)c2ccc(Cl)cc2)c1. The van der Waals surface area contributed by atoms with Gasteiger partial charge in [0.15, 0.2) is 0 Å². The maximum atomic E-state index is 12.5. The minimum absolute atomic E-state index is 0.00642. The minimum Gasteiger partial charge on any atom is -0.346 e. The first-order chi connectivity index (χ1) is 11.7. The second-order valence-corrected chi connectivity index (χ2v) is 8.39. The highest BCUT2D eigenvalue weighted by atomic mass is 35.5. The van der Waals surface area contributed by atoms with Gasteiger partial charge in [-0.25, -0.2) is 8.42 Å². The molecular weight excluding hydrogens is 360 g/mol. The summed E-state index contributed by atoms with van der Waals surface area (Å²) >= 11 is 5.87. The van der Waals surface area contributed by atoms with E-state index in [-0.39, 0.29) is 17.7 Å². The van der Waals surface area contributed by atoms with Gasteiger partial charge in [0.25, 0.3) is 5.91 Å². The number of halogens is 1. The van der Waals surface area contributed by atoms with Crippen LogP contribution in [-0.4, -0.2) is 27.1 Å². The number of rotatable bonds is 6. The van der Waals surface area contributed by atoms with Crippen molar-refractivity contribution in [2.75, 3.05) is 17.1 Å². The lowest BCUT2D eigenvalue weighted by atomic mass is 10.1. The van der Waals surface area contributed by atoms with Crippen LogP contribution in [0, 0.1) is 0 Å². The quantitative estimate of drug-likeness (QED) is 0.832. The average Bonchev–Trinajstić information content (AvgIpc) is 2.61. The second-order valence-electron chi connectivity index (χ2n) is 5.67. The molecule has 0 aliphatic rings. The third kappa shape index (κ3) is 4.74. The van der Waals surface area contributed by atoms with Gasteiger partial charge < -0.3 is 5.32 Å². The van der Waals surface area contributed by atoms with Gasteiger partial charge in [0, 0.05) is 17.6 Å². The smallest absolute Gasteiger partial charge is 0.251 e. The third-order valence-electron chi connectivity index (χ3n) is 3.97. The second kappa shape index (κ2) is 7.89. The molecule has 1 amide bonds. The predicted molar refractivity (Wildman–Crippen MR) is 102 cm³/mol. The fourth-order valence-electron chi connectivity index (χ4n) is 2.31. The standard InChI is InChI=1S/C18H21ClN2O3S/c1-4-25(23,24)21(3)17-7-5-6-15(12-17)18(22)20-13(2)14-8-10-16(19)11-9-14/h5-13H,4H2,1-3H3,(H,20,22)/t13-/m1/s1. The summed E-state index contributed by atoms with van der Waals surface area (Å²) in [7, 11) is -1.90. The number of carbonyl (C=O) groups is 1. The van der Waals surface area contributed by atoms with Gasteiger partial charge in [0.1, 0.15) is 0 Å². The van der Waals surface area contributed by atoms with Gasteiger partial charge in [-0.1, -0.05) is 29.8 Å². The molecule has 7 heteroatoms. The van der Waals surface area contributed by atoms with Crippen molar-refractivity contribution in [2.24, 2.45) is 0 Å². The van der Waals surface area contributed by atoms with Crippen molar-refractivity contribution in [3.8, 4) is 0 Å². The fourth-order valence-corrected chi connectivity index (χ4v) is 3.26. The lowest BCUT2D eigenvalue weighted by molar-refractivity contribution is 0.0940. The Labute approximate surface area is 153 Å². The van der Waals surface area contributed by atoms with Crippen LogP contribution in [0.3, 0.4) is 0 Å². The van der Waals surface area contributed by atoms with E-state index >= 15 is 0 Å². The van der Waals surface area contributed by atoms with Crippen LogP contribution in [0.4, 0.5) is 5.69 Å². The maximum absolute atomic E-state index is 12.5. The summed E-state index contributed by atoms with van der Waals surface area (Å²) in [5.74, 6) is -0.278. The molecule has 25 heavy (non-hydrogen) atoms. The highest BCUT2D eigenvalue weighted by Crippen LogP contribution is 2.20. The zero-order valence-corrected chi connectivity index (χ0v) is 15.9. The molecule has 0 aliphatic carbocycles. The number of anilines is 1.